The summed E-state index contributed by atoms with van der Waals surface area (Å²) in [6.45, 7) is 5.44. The van der Waals surface area contributed by atoms with Gasteiger partial charge in [-0.2, -0.15) is 0 Å². The van der Waals surface area contributed by atoms with E-state index in [0.29, 0.717) is 5.41 Å². The molecule has 3 nitrogen and oxygen atoms in total. The standard InChI is InChI=1S/C18H27NO2/c1-18(2)11-8-15(9-12-18)21-17(20)16-7-5-4-6-14(16)10-13-19-3/h4-7,15,19H,8-13H2,1-3H3. The Labute approximate surface area is 128 Å². The molecule has 116 valence electrons. The molecule has 0 aliphatic heterocycles. The third kappa shape index (κ3) is 4.57. The van der Waals surface area contributed by atoms with Gasteiger partial charge in [-0.15, -0.1) is 0 Å². The predicted octanol–water partition coefficient (Wildman–Crippen LogP) is 3.57. The molecule has 1 fully saturated rings. The van der Waals surface area contributed by atoms with Gasteiger partial charge < -0.3 is 10.1 Å². The summed E-state index contributed by atoms with van der Waals surface area (Å²) in [7, 11) is 1.92. The van der Waals surface area contributed by atoms with Crippen LogP contribution in [0.2, 0.25) is 0 Å². The second kappa shape index (κ2) is 7.08. The van der Waals surface area contributed by atoms with Gasteiger partial charge in [0.15, 0.2) is 0 Å². The lowest BCUT2D eigenvalue weighted by atomic mass is 9.76. The Kier molecular flexibility index (Phi) is 5.40. The molecule has 21 heavy (non-hydrogen) atoms. The molecule has 1 aliphatic carbocycles. The van der Waals surface area contributed by atoms with E-state index in [9.17, 15) is 4.79 Å². The third-order valence-corrected chi connectivity index (χ3v) is 4.44. The van der Waals surface area contributed by atoms with Gasteiger partial charge in [0.05, 0.1) is 5.56 Å². The highest BCUT2D eigenvalue weighted by atomic mass is 16.5. The summed E-state index contributed by atoms with van der Waals surface area (Å²) in [5, 5.41) is 3.12. The van der Waals surface area contributed by atoms with Crippen LogP contribution in [-0.4, -0.2) is 25.7 Å². The normalized spacial score (nSPS) is 18.4. The van der Waals surface area contributed by atoms with Gasteiger partial charge in [0.2, 0.25) is 0 Å². The summed E-state index contributed by atoms with van der Waals surface area (Å²) < 4.78 is 5.73. The fourth-order valence-corrected chi connectivity index (χ4v) is 2.90. The molecule has 0 amide bonds. The van der Waals surface area contributed by atoms with Gasteiger partial charge in [0.25, 0.3) is 0 Å². The van der Waals surface area contributed by atoms with Crippen LogP contribution in [0.15, 0.2) is 24.3 Å². The summed E-state index contributed by atoms with van der Waals surface area (Å²) in [4.78, 5) is 12.4. The SMILES string of the molecule is CNCCc1ccccc1C(=O)OC1CCC(C)(C)CC1. The van der Waals surface area contributed by atoms with Crippen LogP contribution in [0.3, 0.4) is 0 Å². The molecule has 0 spiro atoms. The Balaban J connectivity index is 1.97. The number of esters is 1. The second-order valence-corrected chi connectivity index (χ2v) is 6.78. The maximum atomic E-state index is 12.4. The largest absolute Gasteiger partial charge is 0.459 e. The van der Waals surface area contributed by atoms with Crippen molar-refractivity contribution in [2.75, 3.05) is 13.6 Å². The lowest BCUT2D eigenvalue weighted by Crippen LogP contribution is -2.28. The first-order valence-electron chi connectivity index (χ1n) is 7.95. The Morgan fingerprint density at radius 1 is 1.29 bits per heavy atom. The molecular weight excluding hydrogens is 262 g/mol. The zero-order chi connectivity index (χ0) is 15.3. The average Bonchev–Trinajstić information content (AvgIpc) is 2.47. The van der Waals surface area contributed by atoms with Crippen molar-refractivity contribution in [2.45, 2.75) is 52.1 Å². The maximum absolute atomic E-state index is 12.4. The zero-order valence-corrected chi connectivity index (χ0v) is 13.4. The van der Waals surface area contributed by atoms with Crippen LogP contribution in [-0.2, 0) is 11.2 Å². The molecule has 1 aromatic rings. The number of rotatable bonds is 5. The molecule has 3 heteroatoms. The summed E-state index contributed by atoms with van der Waals surface area (Å²) >= 11 is 0. The van der Waals surface area contributed by atoms with E-state index in [2.05, 4.69) is 19.2 Å². The molecule has 0 atom stereocenters. The molecular formula is C18H27NO2. The van der Waals surface area contributed by atoms with Crippen molar-refractivity contribution in [1.29, 1.82) is 0 Å². The van der Waals surface area contributed by atoms with E-state index in [4.69, 9.17) is 4.74 Å². The van der Waals surface area contributed by atoms with Gasteiger partial charge in [-0.1, -0.05) is 32.0 Å². The predicted molar refractivity (Wildman–Crippen MR) is 85.5 cm³/mol. The van der Waals surface area contributed by atoms with Gasteiger partial charge in [-0.3, -0.25) is 0 Å². The fourth-order valence-electron chi connectivity index (χ4n) is 2.90. The smallest absolute Gasteiger partial charge is 0.338 e. The molecule has 2 rings (SSSR count). The zero-order valence-electron chi connectivity index (χ0n) is 13.4. The number of ether oxygens (including phenoxy) is 1. The van der Waals surface area contributed by atoms with Crippen LogP contribution in [0, 0.1) is 5.41 Å². The van der Waals surface area contributed by atoms with Crippen molar-refractivity contribution in [3.05, 3.63) is 35.4 Å². The number of carbonyl (C=O) groups is 1. The fraction of sp³-hybridized carbons (Fsp3) is 0.611. The Hall–Kier alpha value is -1.35. The number of hydrogen-bond acceptors (Lipinski definition) is 3. The lowest BCUT2D eigenvalue weighted by Gasteiger charge is -2.33. The van der Waals surface area contributed by atoms with E-state index in [0.717, 1.165) is 49.8 Å². The quantitative estimate of drug-likeness (QED) is 0.842. The summed E-state index contributed by atoms with van der Waals surface area (Å²) in [6.07, 6.45) is 5.16. The van der Waals surface area contributed by atoms with Crippen LogP contribution in [0.1, 0.15) is 55.5 Å². The molecule has 1 aliphatic rings. The molecule has 0 heterocycles. The molecule has 0 saturated heterocycles. The van der Waals surface area contributed by atoms with Crippen LogP contribution in [0.5, 0.6) is 0 Å². The van der Waals surface area contributed by atoms with Gasteiger partial charge in [0.1, 0.15) is 6.10 Å². The minimum absolute atomic E-state index is 0.0860. The van der Waals surface area contributed by atoms with Crippen molar-refractivity contribution in [2.24, 2.45) is 5.41 Å². The number of hydrogen-bond donors (Lipinski definition) is 1. The highest BCUT2D eigenvalue weighted by Gasteiger charge is 2.29. The van der Waals surface area contributed by atoms with Gasteiger partial charge >= 0.3 is 5.97 Å². The molecule has 0 unspecified atom stereocenters. The Morgan fingerprint density at radius 3 is 2.62 bits per heavy atom. The van der Waals surface area contributed by atoms with Crippen molar-refractivity contribution in [3.8, 4) is 0 Å². The van der Waals surface area contributed by atoms with Crippen LogP contribution < -0.4 is 5.32 Å². The summed E-state index contributed by atoms with van der Waals surface area (Å²) in [6, 6.07) is 7.77. The van der Waals surface area contributed by atoms with Crippen LogP contribution >= 0.6 is 0 Å². The summed E-state index contributed by atoms with van der Waals surface area (Å²) in [5.74, 6) is -0.161. The molecule has 1 aromatic carbocycles. The topological polar surface area (TPSA) is 38.3 Å². The van der Waals surface area contributed by atoms with Crippen molar-refractivity contribution in [1.82, 2.24) is 5.32 Å². The monoisotopic (exact) mass is 289 g/mol. The highest BCUT2D eigenvalue weighted by Crippen LogP contribution is 2.36. The molecule has 0 radical (unpaired) electrons. The van der Waals surface area contributed by atoms with E-state index >= 15 is 0 Å². The molecule has 0 aromatic heterocycles. The minimum atomic E-state index is -0.161. The number of likely N-dealkylation sites (N-methyl/N-ethyl adjacent to an activating group) is 1. The van der Waals surface area contributed by atoms with Crippen molar-refractivity contribution < 1.29 is 9.53 Å². The molecule has 0 bridgehead atoms. The first-order valence-corrected chi connectivity index (χ1v) is 7.95. The average molecular weight is 289 g/mol. The lowest BCUT2D eigenvalue weighted by molar-refractivity contribution is 0.00940. The van der Waals surface area contributed by atoms with Crippen molar-refractivity contribution >= 4 is 5.97 Å². The Morgan fingerprint density at radius 2 is 1.95 bits per heavy atom. The molecule has 1 saturated carbocycles. The maximum Gasteiger partial charge on any atom is 0.338 e. The van der Waals surface area contributed by atoms with Gasteiger partial charge in [-0.25, -0.2) is 4.79 Å². The minimum Gasteiger partial charge on any atom is -0.459 e. The third-order valence-electron chi connectivity index (χ3n) is 4.44. The van der Waals surface area contributed by atoms with Gasteiger partial charge in [-0.05, 0) is 62.7 Å². The van der Waals surface area contributed by atoms with E-state index in [1.165, 1.54) is 0 Å². The summed E-state index contributed by atoms with van der Waals surface area (Å²) in [5.41, 5.74) is 2.18. The highest BCUT2D eigenvalue weighted by molar-refractivity contribution is 5.91. The first-order chi connectivity index (χ1) is 10.0. The number of benzene rings is 1. The van der Waals surface area contributed by atoms with E-state index < -0.39 is 0 Å². The number of nitrogens with one attached hydrogen (secondary N) is 1. The van der Waals surface area contributed by atoms with Gasteiger partial charge in [0, 0.05) is 0 Å². The second-order valence-electron chi connectivity index (χ2n) is 6.78. The molecule has 1 N–H and O–H groups in total. The first kappa shape index (κ1) is 16.0. The van der Waals surface area contributed by atoms with E-state index in [1.807, 2.05) is 31.3 Å². The van der Waals surface area contributed by atoms with Crippen LogP contribution in [0.4, 0.5) is 0 Å². The van der Waals surface area contributed by atoms with E-state index in [-0.39, 0.29) is 12.1 Å². The van der Waals surface area contributed by atoms with E-state index in [1.54, 1.807) is 0 Å². The Bertz CT molecular complexity index is 472. The van der Waals surface area contributed by atoms with Crippen molar-refractivity contribution in [3.63, 3.8) is 0 Å². The van der Waals surface area contributed by atoms with Crippen LogP contribution in [0.25, 0.3) is 0 Å². The number of carbonyl (C=O) groups excluding carboxylic acids is 1.